The van der Waals surface area contributed by atoms with Gasteiger partial charge in [-0.1, -0.05) is 18.2 Å². The van der Waals surface area contributed by atoms with Crippen molar-refractivity contribution in [3.05, 3.63) is 70.0 Å². The number of nitro benzene ring substituents is 1. The van der Waals surface area contributed by atoms with Gasteiger partial charge in [0.1, 0.15) is 17.1 Å². The highest BCUT2D eigenvalue weighted by Gasteiger charge is 2.49. The second-order valence-electron chi connectivity index (χ2n) is 6.44. The summed E-state index contributed by atoms with van der Waals surface area (Å²) in [6.07, 6.45) is 0.351. The molecule has 1 atom stereocenters. The standard InChI is InChI=1S/C19H18FN3O5/c1-19(15-5-2-3-6-16(15)20)17(24)22(18(25)21-19)11-4-12-28-14-9-7-13(8-10-14)23(26)27/h2-3,5-10H,4,11-12H2,1H3,(H,21,25). The summed E-state index contributed by atoms with van der Waals surface area (Å²) in [5.74, 6) is -0.654. The first kappa shape index (κ1) is 19.3. The molecule has 1 aliphatic rings. The summed E-state index contributed by atoms with van der Waals surface area (Å²) in [7, 11) is 0. The van der Waals surface area contributed by atoms with Crippen LogP contribution in [0.5, 0.6) is 5.75 Å². The Morgan fingerprint density at radius 1 is 1.18 bits per heavy atom. The van der Waals surface area contributed by atoms with Crippen molar-refractivity contribution >= 4 is 17.6 Å². The second kappa shape index (κ2) is 7.63. The number of carbonyl (C=O) groups is 2. The Balaban J connectivity index is 1.58. The Morgan fingerprint density at radius 2 is 1.86 bits per heavy atom. The third kappa shape index (κ3) is 3.64. The first-order valence-corrected chi connectivity index (χ1v) is 8.59. The van der Waals surface area contributed by atoms with Crippen LogP contribution in [0.25, 0.3) is 0 Å². The fourth-order valence-electron chi connectivity index (χ4n) is 3.03. The molecule has 0 aliphatic carbocycles. The van der Waals surface area contributed by atoms with Crippen molar-refractivity contribution in [1.82, 2.24) is 10.2 Å². The van der Waals surface area contributed by atoms with Gasteiger partial charge >= 0.3 is 6.03 Å². The van der Waals surface area contributed by atoms with Crippen molar-refractivity contribution in [2.45, 2.75) is 18.9 Å². The highest BCUT2D eigenvalue weighted by atomic mass is 19.1. The molecule has 28 heavy (non-hydrogen) atoms. The van der Waals surface area contributed by atoms with Crippen LogP contribution in [-0.2, 0) is 10.3 Å². The lowest BCUT2D eigenvalue weighted by molar-refractivity contribution is -0.384. The number of halogens is 1. The number of ether oxygens (including phenoxy) is 1. The maximum Gasteiger partial charge on any atom is 0.325 e. The van der Waals surface area contributed by atoms with E-state index in [0.717, 1.165) is 4.90 Å². The van der Waals surface area contributed by atoms with E-state index in [1.807, 2.05) is 0 Å². The predicted octanol–water partition coefficient (Wildman–Crippen LogP) is 2.97. The molecule has 8 nitrogen and oxygen atoms in total. The predicted molar refractivity (Wildman–Crippen MR) is 97.2 cm³/mol. The van der Waals surface area contributed by atoms with E-state index in [9.17, 15) is 24.1 Å². The summed E-state index contributed by atoms with van der Waals surface area (Å²) in [5.41, 5.74) is -1.39. The van der Waals surface area contributed by atoms with Crippen LogP contribution in [0.3, 0.4) is 0 Å². The van der Waals surface area contributed by atoms with Gasteiger partial charge in [-0.2, -0.15) is 0 Å². The van der Waals surface area contributed by atoms with Crippen LogP contribution in [0.1, 0.15) is 18.9 Å². The van der Waals surface area contributed by atoms with Gasteiger partial charge in [0.05, 0.1) is 11.5 Å². The van der Waals surface area contributed by atoms with E-state index in [1.165, 1.54) is 49.4 Å². The third-order valence-electron chi connectivity index (χ3n) is 4.53. The highest BCUT2D eigenvalue weighted by molar-refractivity contribution is 6.07. The summed E-state index contributed by atoms with van der Waals surface area (Å²) in [6.45, 7) is 1.77. The van der Waals surface area contributed by atoms with E-state index >= 15 is 0 Å². The number of hydrogen-bond acceptors (Lipinski definition) is 5. The van der Waals surface area contributed by atoms with Crippen molar-refractivity contribution < 1.29 is 23.6 Å². The van der Waals surface area contributed by atoms with Crippen molar-refractivity contribution in [2.24, 2.45) is 0 Å². The normalized spacial score (nSPS) is 18.9. The molecule has 0 aromatic heterocycles. The summed E-state index contributed by atoms with van der Waals surface area (Å²) in [5, 5.41) is 13.2. The van der Waals surface area contributed by atoms with E-state index in [1.54, 1.807) is 6.07 Å². The second-order valence-corrected chi connectivity index (χ2v) is 6.44. The minimum absolute atomic E-state index is 0.0425. The van der Waals surface area contributed by atoms with Crippen molar-refractivity contribution in [2.75, 3.05) is 13.2 Å². The van der Waals surface area contributed by atoms with Crippen molar-refractivity contribution in [3.63, 3.8) is 0 Å². The van der Waals surface area contributed by atoms with Crippen LogP contribution in [0.4, 0.5) is 14.9 Å². The lowest BCUT2D eigenvalue weighted by atomic mass is 9.91. The van der Waals surface area contributed by atoms with Gasteiger partial charge in [-0.05, 0) is 31.5 Å². The smallest absolute Gasteiger partial charge is 0.325 e. The minimum atomic E-state index is -1.46. The number of benzene rings is 2. The zero-order valence-electron chi connectivity index (χ0n) is 15.1. The van der Waals surface area contributed by atoms with Gasteiger partial charge in [0.25, 0.3) is 11.6 Å². The molecule has 1 aliphatic heterocycles. The van der Waals surface area contributed by atoms with Gasteiger partial charge in [-0.3, -0.25) is 19.8 Å². The Hall–Kier alpha value is -3.49. The number of non-ortho nitro benzene ring substituents is 1. The lowest BCUT2D eigenvalue weighted by Gasteiger charge is -2.22. The fraction of sp³-hybridized carbons (Fsp3) is 0.263. The van der Waals surface area contributed by atoms with Gasteiger partial charge < -0.3 is 10.1 Å². The Labute approximate surface area is 160 Å². The van der Waals surface area contributed by atoms with E-state index in [4.69, 9.17) is 4.74 Å². The molecule has 1 fully saturated rings. The average molecular weight is 387 g/mol. The number of rotatable bonds is 7. The number of amides is 3. The van der Waals surface area contributed by atoms with Gasteiger partial charge in [-0.15, -0.1) is 0 Å². The van der Waals surface area contributed by atoms with Crippen LogP contribution < -0.4 is 10.1 Å². The van der Waals surface area contributed by atoms with E-state index in [0.29, 0.717) is 12.2 Å². The fourth-order valence-corrected chi connectivity index (χ4v) is 3.03. The first-order chi connectivity index (χ1) is 13.3. The van der Waals surface area contributed by atoms with Gasteiger partial charge in [0.15, 0.2) is 0 Å². The number of urea groups is 1. The van der Waals surface area contributed by atoms with Gasteiger partial charge in [0.2, 0.25) is 0 Å². The molecule has 1 unspecified atom stereocenters. The molecule has 1 saturated heterocycles. The molecule has 2 aromatic rings. The summed E-state index contributed by atoms with van der Waals surface area (Å²) in [6, 6.07) is 10.8. The maximum absolute atomic E-state index is 14.1. The molecule has 0 bridgehead atoms. The molecule has 9 heteroatoms. The van der Waals surface area contributed by atoms with Crippen LogP contribution in [0.2, 0.25) is 0 Å². The van der Waals surface area contributed by atoms with Crippen LogP contribution in [0, 0.1) is 15.9 Å². The molecule has 2 aromatic carbocycles. The van der Waals surface area contributed by atoms with Gasteiger partial charge in [-0.25, -0.2) is 9.18 Å². The van der Waals surface area contributed by atoms with Crippen LogP contribution in [0.15, 0.2) is 48.5 Å². The molecule has 1 heterocycles. The largest absolute Gasteiger partial charge is 0.494 e. The number of nitrogens with one attached hydrogen (secondary N) is 1. The summed E-state index contributed by atoms with van der Waals surface area (Å²) in [4.78, 5) is 36.1. The summed E-state index contributed by atoms with van der Waals surface area (Å²) < 4.78 is 19.6. The minimum Gasteiger partial charge on any atom is -0.494 e. The molecule has 3 rings (SSSR count). The molecular weight excluding hydrogens is 369 g/mol. The molecule has 0 spiro atoms. The number of hydrogen-bond donors (Lipinski definition) is 1. The van der Waals surface area contributed by atoms with E-state index in [2.05, 4.69) is 5.32 Å². The lowest BCUT2D eigenvalue weighted by Crippen LogP contribution is -2.41. The molecule has 3 amide bonds. The molecule has 0 saturated carbocycles. The zero-order valence-corrected chi connectivity index (χ0v) is 15.1. The summed E-state index contributed by atoms with van der Waals surface area (Å²) >= 11 is 0. The molecule has 146 valence electrons. The highest BCUT2D eigenvalue weighted by Crippen LogP contribution is 2.30. The average Bonchev–Trinajstić information content (AvgIpc) is 2.89. The molecule has 0 radical (unpaired) electrons. The third-order valence-corrected chi connectivity index (χ3v) is 4.53. The van der Waals surface area contributed by atoms with Crippen molar-refractivity contribution in [1.29, 1.82) is 0 Å². The number of nitro groups is 1. The van der Waals surface area contributed by atoms with E-state index < -0.39 is 28.2 Å². The molecular formula is C19H18FN3O5. The number of nitrogens with zero attached hydrogens (tertiary/aromatic N) is 2. The number of carbonyl (C=O) groups excluding carboxylic acids is 2. The quantitative estimate of drug-likeness (QED) is 0.341. The SMILES string of the molecule is CC1(c2ccccc2F)NC(=O)N(CCCOc2ccc([N+](=O)[O-])cc2)C1=O. The Bertz CT molecular complexity index is 918. The van der Waals surface area contributed by atoms with Crippen LogP contribution in [-0.4, -0.2) is 34.9 Å². The topological polar surface area (TPSA) is 102 Å². The monoisotopic (exact) mass is 387 g/mol. The Morgan fingerprint density at radius 3 is 2.50 bits per heavy atom. The number of imide groups is 1. The maximum atomic E-state index is 14.1. The zero-order chi connectivity index (χ0) is 20.3. The Kier molecular flexibility index (Phi) is 5.25. The van der Waals surface area contributed by atoms with E-state index in [-0.39, 0.29) is 24.4 Å². The van der Waals surface area contributed by atoms with Crippen molar-refractivity contribution in [3.8, 4) is 5.75 Å². The van der Waals surface area contributed by atoms with Crippen LogP contribution >= 0.6 is 0 Å². The first-order valence-electron chi connectivity index (χ1n) is 8.59. The molecule has 1 N–H and O–H groups in total. The van der Waals surface area contributed by atoms with Gasteiger partial charge in [0, 0.05) is 24.2 Å².